The average Bonchev–Trinajstić information content (AvgIpc) is 3.11. The van der Waals surface area contributed by atoms with E-state index in [9.17, 15) is 9.59 Å². The number of ether oxygens (including phenoxy) is 3. The zero-order valence-electron chi connectivity index (χ0n) is 16.6. The number of carbonyl (C=O) groups excluding carboxylic acids is 2. The number of ketones is 1. The smallest absolute Gasteiger partial charge is 0.309 e. The Balaban J connectivity index is 1.60. The zero-order valence-corrected chi connectivity index (χ0v) is 16.6. The summed E-state index contributed by atoms with van der Waals surface area (Å²) in [4.78, 5) is 24.6. The van der Waals surface area contributed by atoms with Gasteiger partial charge in [0.1, 0.15) is 0 Å². The van der Waals surface area contributed by atoms with Crippen LogP contribution in [0.15, 0.2) is 11.6 Å². The number of methoxy groups -OCH3 is 2. The normalized spacial score (nSPS) is 50.5. The minimum absolute atomic E-state index is 0.0335. The highest BCUT2D eigenvalue weighted by Gasteiger charge is 2.75. The first-order chi connectivity index (χ1) is 12.9. The Labute approximate surface area is 160 Å². The molecular formula is C22H30O5. The molecule has 3 saturated carbocycles. The summed E-state index contributed by atoms with van der Waals surface area (Å²) in [5, 5.41) is 0. The quantitative estimate of drug-likeness (QED) is 0.693. The number of hydrogen-bond acceptors (Lipinski definition) is 5. The lowest BCUT2D eigenvalue weighted by molar-refractivity contribution is -0.210. The van der Waals surface area contributed by atoms with E-state index in [-0.39, 0.29) is 40.4 Å². The lowest BCUT2D eigenvalue weighted by atomic mass is 9.46. The average molecular weight is 374 g/mol. The second-order valence-electron chi connectivity index (χ2n) is 9.62. The van der Waals surface area contributed by atoms with E-state index in [0.717, 1.165) is 44.9 Å². The van der Waals surface area contributed by atoms with Crippen molar-refractivity contribution in [2.75, 3.05) is 14.2 Å². The fourth-order valence-corrected chi connectivity index (χ4v) is 8.04. The highest BCUT2D eigenvalue weighted by Crippen LogP contribution is 2.74. The Morgan fingerprint density at radius 1 is 1.11 bits per heavy atom. The van der Waals surface area contributed by atoms with E-state index in [1.54, 1.807) is 7.11 Å². The first kappa shape index (κ1) is 17.9. The van der Waals surface area contributed by atoms with Crippen LogP contribution in [-0.2, 0) is 23.8 Å². The number of carbonyl (C=O) groups is 2. The van der Waals surface area contributed by atoms with Crippen molar-refractivity contribution in [3.05, 3.63) is 11.6 Å². The molecule has 0 aromatic rings. The van der Waals surface area contributed by atoms with Gasteiger partial charge >= 0.3 is 5.97 Å². The van der Waals surface area contributed by atoms with E-state index >= 15 is 0 Å². The molecule has 0 radical (unpaired) electrons. The van der Waals surface area contributed by atoms with Crippen molar-refractivity contribution >= 4 is 11.8 Å². The molecule has 0 N–H and O–H groups in total. The SMILES string of the molecule is COC(=O)C1CCC2C1(C)CCC1C23CCC2=CC(=O)CCC21C(OC)O3. The van der Waals surface area contributed by atoms with Gasteiger partial charge in [-0.3, -0.25) is 9.59 Å². The zero-order chi connectivity index (χ0) is 19.0. The van der Waals surface area contributed by atoms with Gasteiger partial charge in [0.05, 0.1) is 18.6 Å². The van der Waals surface area contributed by atoms with Crippen molar-refractivity contribution in [3.63, 3.8) is 0 Å². The van der Waals surface area contributed by atoms with Gasteiger partial charge in [0.25, 0.3) is 0 Å². The van der Waals surface area contributed by atoms with Gasteiger partial charge in [0.2, 0.25) is 0 Å². The van der Waals surface area contributed by atoms with Gasteiger partial charge in [-0.25, -0.2) is 0 Å². The van der Waals surface area contributed by atoms with Crippen molar-refractivity contribution in [2.45, 2.75) is 70.2 Å². The first-order valence-corrected chi connectivity index (χ1v) is 10.4. The van der Waals surface area contributed by atoms with E-state index in [0.29, 0.717) is 18.3 Å². The lowest BCUT2D eigenvalue weighted by Crippen LogP contribution is -2.59. The van der Waals surface area contributed by atoms with Gasteiger partial charge in [0, 0.05) is 24.9 Å². The minimum atomic E-state index is -0.274. The summed E-state index contributed by atoms with van der Waals surface area (Å²) in [5.74, 6) is 0.887. The van der Waals surface area contributed by atoms with Crippen LogP contribution in [0.5, 0.6) is 0 Å². The van der Waals surface area contributed by atoms with Gasteiger partial charge in [-0.1, -0.05) is 12.5 Å². The highest BCUT2D eigenvalue weighted by atomic mass is 16.7. The summed E-state index contributed by atoms with van der Waals surface area (Å²) in [6.07, 6.45) is 8.85. The van der Waals surface area contributed by atoms with Crippen molar-refractivity contribution < 1.29 is 23.8 Å². The molecule has 27 heavy (non-hydrogen) atoms. The molecule has 5 heteroatoms. The minimum Gasteiger partial charge on any atom is -0.469 e. The maximum atomic E-state index is 12.5. The largest absolute Gasteiger partial charge is 0.469 e. The molecule has 4 fully saturated rings. The Morgan fingerprint density at radius 2 is 1.93 bits per heavy atom. The molecule has 4 aliphatic carbocycles. The van der Waals surface area contributed by atoms with Crippen LogP contribution in [0, 0.1) is 28.6 Å². The summed E-state index contributed by atoms with van der Waals surface area (Å²) < 4.78 is 17.9. The maximum Gasteiger partial charge on any atom is 0.309 e. The van der Waals surface area contributed by atoms with Gasteiger partial charge in [0.15, 0.2) is 12.1 Å². The van der Waals surface area contributed by atoms with E-state index in [1.807, 2.05) is 6.08 Å². The Morgan fingerprint density at radius 3 is 2.67 bits per heavy atom. The van der Waals surface area contributed by atoms with Crippen LogP contribution in [0.25, 0.3) is 0 Å². The summed E-state index contributed by atoms with van der Waals surface area (Å²) in [7, 11) is 3.24. The van der Waals surface area contributed by atoms with Gasteiger partial charge in [-0.05, 0) is 62.4 Å². The van der Waals surface area contributed by atoms with Crippen LogP contribution in [0.4, 0.5) is 0 Å². The number of rotatable bonds is 2. The standard InChI is InChI=1S/C22H30O5/c1-20-9-8-17-21-10-7-14(23)12-13(21)6-11-22(17,27-19(21)26-3)16(20)5-4-15(20)18(24)25-2/h12,15-17,19H,4-11H2,1-3H3. The number of esters is 1. The summed E-state index contributed by atoms with van der Waals surface area (Å²) in [6.45, 7) is 2.28. The van der Waals surface area contributed by atoms with Crippen LogP contribution in [0.2, 0.25) is 0 Å². The molecule has 7 unspecified atom stereocenters. The third-order valence-electron chi connectivity index (χ3n) is 9.06. The molecule has 0 amide bonds. The van der Waals surface area contributed by atoms with Crippen molar-refractivity contribution in [2.24, 2.45) is 28.6 Å². The van der Waals surface area contributed by atoms with Crippen LogP contribution in [0.3, 0.4) is 0 Å². The maximum absolute atomic E-state index is 12.5. The van der Waals surface area contributed by atoms with Crippen molar-refractivity contribution in [3.8, 4) is 0 Å². The molecule has 1 heterocycles. The van der Waals surface area contributed by atoms with E-state index < -0.39 is 0 Å². The van der Waals surface area contributed by atoms with E-state index in [2.05, 4.69) is 6.92 Å². The third kappa shape index (κ3) is 1.97. The topological polar surface area (TPSA) is 61.8 Å². The summed E-state index contributed by atoms with van der Waals surface area (Å²) in [6, 6.07) is 0. The Kier molecular flexibility index (Phi) is 3.75. The molecule has 148 valence electrons. The van der Waals surface area contributed by atoms with Gasteiger partial charge in [-0.2, -0.15) is 0 Å². The lowest BCUT2D eigenvalue weighted by Gasteiger charge is -2.58. The summed E-state index contributed by atoms with van der Waals surface area (Å²) >= 11 is 0. The highest BCUT2D eigenvalue weighted by molar-refractivity contribution is 5.91. The van der Waals surface area contributed by atoms with E-state index in [4.69, 9.17) is 14.2 Å². The van der Waals surface area contributed by atoms with E-state index in [1.165, 1.54) is 12.7 Å². The molecule has 1 aliphatic heterocycles. The monoisotopic (exact) mass is 374 g/mol. The van der Waals surface area contributed by atoms with Crippen LogP contribution in [-0.4, -0.2) is 37.9 Å². The third-order valence-corrected chi connectivity index (χ3v) is 9.06. The van der Waals surface area contributed by atoms with Gasteiger partial charge in [-0.15, -0.1) is 0 Å². The van der Waals surface area contributed by atoms with Crippen LogP contribution >= 0.6 is 0 Å². The fourth-order valence-electron chi connectivity index (χ4n) is 8.04. The second kappa shape index (κ2) is 5.66. The molecule has 5 rings (SSSR count). The molecule has 1 spiro atoms. The van der Waals surface area contributed by atoms with Crippen molar-refractivity contribution in [1.29, 1.82) is 0 Å². The summed E-state index contributed by atoms with van der Waals surface area (Å²) in [5.41, 5.74) is 0.814. The number of hydrogen-bond donors (Lipinski definition) is 0. The Bertz CT molecular complexity index is 728. The molecule has 7 atom stereocenters. The molecule has 2 bridgehead atoms. The number of fused-ring (bicyclic) bond motifs is 1. The molecule has 0 aromatic heterocycles. The second-order valence-corrected chi connectivity index (χ2v) is 9.62. The molecule has 0 aromatic carbocycles. The van der Waals surface area contributed by atoms with Gasteiger partial charge < -0.3 is 14.2 Å². The predicted molar refractivity (Wildman–Crippen MR) is 97.7 cm³/mol. The van der Waals surface area contributed by atoms with Crippen molar-refractivity contribution in [1.82, 2.24) is 0 Å². The molecule has 1 saturated heterocycles. The van der Waals surface area contributed by atoms with Crippen LogP contribution < -0.4 is 0 Å². The molecular weight excluding hydrogens is 344 g/mol. The van der Waals surface area contributed by atoms with Crippen LogP contribution in [0.1, 0.15) is 58.3 Å². The molecule has 5 nitrogen and oxygen atoms in total. The fraction of sp³-hybridized carbons (Fsp3) is 0.818. The Hall–Kier alpha value is -1.20. The predicted octanol–water partition coefficient (Wildman–Crippen LogP) is 3.41. The first-order valence-electron chi connectivity index (χ1n) is 10.4. The molecule has 5 aliphatic rings.